The summed E-state index contributed by atoms with van der Waals surface area (Å²) >= 11 is 12.1. The number of oxazole rings is 1. The summed E-state index contributed by atoms with van der Waals surface area (Å²) in [6.45, 7) is 5.94. The van der Waals surface area contributed by atoms with E-state index in [9.17, 15) is 4.79 Å². The third-order valence-electron chi connectivity index (χ3n) is 5.04. The molecule has 0 radical (unpaired) electrons. The second-order valence-corrected chi connectivity index (χ2v) is 8.69. The van der Waals surface area contributed by atoms with E-state index in [1.54, 1.807) is 30.3 Å². The van der Waals surface area contributed by atoms with Crippen molar-refractivity contribution in [1.82, 2.24) is 4.98 Å². The Kier molecular flexibility index (Phi) is 6.40. The molecule has 5 nitrogen and oxygen atoms in total. The van der Waals surface area contributed by atoms with E-state index in [1.807, 2.05) is 19.1 Å². The highest BCUT2D eigenvalue weighted by atomic mass is 35.5. The first-order valence-electron chi connectivity index (χ1n) is 10.2. The maximum Gasteiger partial charge on any atom is 0.262 e. The SMILES string of the molecule is Cc1cc(Cl)cc(Cl)c1OCC(=O)Nc1ccc2oc(-c3ccc(C(C)C)cc3)nc2c1. The fourth-order valence-electron chi connectivity index (χ4n) is 3.35. The van der Waals surface area contributed by atoms with Crippen molar-refractivity contribution in [2.45, 2.75) is 26.7 Å². The number of carbonyl (C=O) groups is 1. The van der Waals surface area contributed by atoms with Gasteiger partial charge in [0.1, 0.15) is 11.3 Å². The van der Waals surface area contributed by atoms with Gasteiger partial charge in [-0.15, -0.1) is 0 Å². The quantitative estimate of drug-likeness (QED) is 0.323. The van der Waals surface area contributed by atoms with Crippen molar-refractivity contribution < 1.29 is 13.9 Å². The summed E-state index contributed by atoms with van der Waals surface area (Å²) in [4.78, 5) is 16.9. The van der Waals surface area contributed by atoms with Crippen molar-refractivity contribution in [3.8, 4) is 17.2 Å². The molecule has 0 bridgehead atoms. The Hall–Kier alpha value is -3.02. The summed E-state index contributed by atoms with van der Waals surface area (Å²) in [5.74, 6) is 1.12. The third kappa shape index (κ3) is 4.90. The Morgan fingerprint density at radius 2 is 1.84 bits per heavy atom. The Balaban J connectivity index is 1.45. The normalized spacial score (nSPS) is 11.2. The average molecular weight is 469 g/mol. The van der Waals surface area contributed by atoms with Gasteiger partial charge in [0, 0.05) is 16.3 Å². The lowest BCUT2D eigenvalue weighted by Crippen LogP contribution is -2.20. The lowest BCUT2D eigenvalue weighted by atomic mass is 10.0. The van der Waals surface area contributed by atoms with Gasteiger partial charge >= 0.3 is 0 Å². The van der Waals surface area contributed by atoms with Gasteiger partial charge in [0.2, 0.25) is 5.89 Å². The molecule has 1 heterocycles. The lowest BCUT2D eigenvalue weighted by Gasteiger charge is -2.11. The number of anilines is 1. The van der Waals surface area contributed by atoms with E-state index < -0.39 is 0 Å². The van der Waals surface area contributed by atoms with Gasteiger partial charge in [-0.1, -0.05) is 49.2 Å². The number of benzene rings is 3. The predicted molar refractivity (Wildman–Crippen MR) is 129 cm³/mol. The van der Waals surface area contributed by atoms with Crippen LogP contribution in [0.3, 0.4) is 0 Å². The molecule has 0 saturated carbocycles. The van der Waals surface area contributed by atoms with E-state index in [0.717, 1.165) is 11.1 Å². The zero-order valence-corrected chi connectivity index (χ0v) is 19.4. The molecule has 0 spiro atoms. The monoisotopic (exact) mass is 468 g/mol. The number of ether oxygens (including phenoxy) is 1. The number of hydrogen-bond donors (Lipinski definition) is 1. The number of fused-ring (bicyclic) bond motifs is 1. The number of hydrogen-bond acceptors (Lipinski definition) is 4. The van der Waals surface area contributed by atoms with Gasteiger partial charge in [0.15, 0.2) is 12.2 Å². The van der Waals surface area contributed by atoms with Crippen LogP contribution in [0.4, 0.5) is 5.69 Å². The number of nitrogens with zero attached hydrogens (tertiary/aromatic N) is 1. The van der Waals surface area contributed by atoms with Gasteiger partial charge in [-0.3, -0.25) is 4.79 Å². The maximum absolute atomic E-state index is 12.4. The third-order valence-corrected chi connectivity index (χ3v) is 5.54. The molecular formula is C25H22Cl2N2O3. The van der Waals surface area contributed by atoms with Crippen LogP contribution in [0, 0.1) is 6.92 Å². The van der Waals surface area contributed by atoms with Gasteiger partial charge in [-0.25, -0.2) is 4.98 Å². The second kappa shape index (κ2) is 9.23. The molecule has 1 aromatic heterocycles. The number of aromatic nitrogens is 1. The minimum Gasteiger partial charge on any atom is -0.482 e. The number of aryl methyl sites for hydroxylation is 1. The fraction of sp³-hybridized carbons (Fsp3) is 0.200. The molecule has 164 valence electrons. The van der Waals surface area contributed by atoms with Crippen molar-refractivity contribution in [3.63, 3.8) is 0 Å². The van der Waals surface area contributed by atoms with E-state index in [2.05, 4.69) is 36.3 Å². The van der Waals surface area contributed by atoms with Crippen LogP contribution in [0.5, 0.6) is 5.75 Å². The first-order chi connectivity index (χ1) is 15.3. The Morgan fingerprint density at radius 1 is 1.09 bits per heavy atom. The Morgan fingerprint density at radius 3 is 2.53 bits per heavy atom. The van der Waals surface area contributed by atoms with Crippen LogP contribution in [0.2, 0.25) is 10.0 Å². The van der Waals surface area contributed by atoms with E-state index in [0.29, 0.717) is 44.4 Å². The van der Waals surface area contributed by atoms with Crippen molar-refractivity contribution >= 4 is 45.9 Å². The molecule has 0 saturated heterocycles. The molecule has 1 N–H and O–H groups in total. The molecule has 4 aromatic rings. The molecule has 1 amide bonds. The summed E-state index contributed by atoms with van der Waals surface area (Å²) in [5.41, 5.74) is 4.81. The highest BCUT2D eigenvalue weighted by Crippen LogP contribution is 2.32. The van der Waals surface area contributed by atoms with Crippen molar-refractivity contribution in [3.05, 3.63) is 75.8 Å². The molecule has 0 atom stereocenters. The number of nitrogens with one attached hydrogen (secondary N) is 1. The zero-order chi connectivity index (χ0) is 22.8. The molecule has 0 unspecified atom stereocenters. The number of amides is 1. The smallest absolute Gasteiger partial charge is 0.262 e. The number of rotatable bonds is 6. The molecule has 32 heavy (non-hydrogen) atoms. The molecule has 3 aromatic carbocycles. The summed E-state index contributed by atoms with van der Waals surface area (Å²) < 4.78 is 11.5. The summed E-state index contributed by atoms with van der Waals surface area (Å²) in [5, 5.41) is 3.68. The fourth-order valence-corrected chi connectivity index (χ4v) is 4.00. The van der Waals surface area contributed by atoms with Crippen LogP contribution in [0.1, 0.15) is 30.9 Å². The van der Waals surface area contributed by atoms with Crippen molar-refractivity contribution in [2.75, 3.05) is 11.9 Å². The Bertz CT molecular complexity index is 1260. The number of carbonyl (C=O) groups excluding carboxylic acids is 1. The highest BCUT2D eigenvalue weighted by Gasteiger charge is 2.13. The van der Waals surface area contributed by atoms with Gasteiger partial charge < -0.3 is 14.5 Å². The van der Waals surface area contributed by atoms with Gasteiger partial charge in [0.05, 0.1) is 5.02 Å². The van der Waals surface area contributed by atoms with Gasteiger partial charge in [-0.05, 0) is 66.4 Å². The molecule has 0 aliphatic rings. The maximum atomic E-state index is 12.4. The highest BCUT2D eigenvalue weighted by molar-refractivity contribution is 6.35. The molecule has 0 aliphatic carbocycles. The molecule has 7 heteroatoms. The average Bonchev–Trinajstić information content (AvgIpc) is 3.16. The van der Waals surface area contributed by atoms with Gasteiger partial charge in [0.25, 0.3) is 5.91 Å². The van der Waals surface area contributed by atoms with E-state index in [-0.39, 0.29) is 12.5 Å². The van der Waals surface area contributed by atoms with E-state index >= 15 is 0 Å². The minimum absolute atomic E-state index is 0.188. The first kappa shape index (κ1) is 22.2. The summed E-state index contributed by atoms with van der Waals surface area (Å²) in [6, 6.07) is 16.8. The topological polar surface area (TPSA) is 64.4 Å². The second-order valence-electron chi connectivity index (χ2n) is 7.85. The molecular weight excluding hydrogens is 447 g/mol. The Labute approximate surface area is 196 Å². The van der Waals surface area contributed by atoms with Crippen LogP contribution in [0.25, 0.3) is 22.6 Å². The van der Waals surface area contributed by atoms with Gasteiger partial charge in [-0.2, -0.15) is 0 Å². The minimum atomic E-state index is -0.317. The van der Waals surface area contributed by atoms with Crippen LogP contribution < -0.4 is 10.1 Å². The van der Waals surface area contributed by atoms with E-state index in [4.69, 9.17) is 32.4 Å². The van der Waals surface area contributed by atoms with Crippen LogP contribution in [-0.4, -0.2) is 17.5 Å². The lowest BCUT2D eigenvalue weighted by molar-refractivity contribution is -0.118. The first-order valence-corrected chi connectivity index (χ1v) is 10.9. The van der Waals surface area contributed by atoms with Crippen LogP contribution >= 0.6 is 23.2 Å². The summed E-state index contributed by atoms with van der Waals surface area (Å²) in [7, 11) is 0. The van der Waals surface area contributed by atoms with Crippen LogP contribution in [0.15, 0.2) is 59.0 Å². The molecule has 0 fully saturated rings. The summed E-state index contributed by atoms with van der Waals surface area (Å²) in [6.07, 6.45) is 0. The van der Waals surface area contributed by atoms with Crippen molar-refractivity contribution in [1.29, 1.82) is 0 Å². The molecule has 0 aliphatic heterocycles. The largest absolute Gasteiger partial charge is 0.482 e. The molecule has 4 rings (SSSR count). The predicted octanol–water partition coefficient (Wildman–Crippen LogP) is 7.25. The standard InChI is InChI=1S/C25H22Cl2N2O3/c1-14(2)16-4-6-17(7-5-16)25-29-21-12-19(8-9-22(21)32-25)28-23(30)13-31-24-15(3)10-18(26)11-20(24)27/h4-12,14H,13H2,1-3H3,(H,28,30). The number of halogens is 2. The van der Waals surface area contributed by atoms with Crippen molar-refractivity contribution in [2.24, 2.45) is 0 Å². The van der Waals surface area contributed by atoms with Crippen LogP contribution in [-0.2, 0) is 4.79 Å². The zero-order valence-electron chi connectivity index (χ0n) is 17.9. The van der Waals surface area contributed by atoms with E-state index in [1.165, 1.54) is 5.56 Å².